The largest absolute Gasteiger partial charge is 0.545 e. The first-order valence-electron chi connectivity index (χ1n) is 14.8. The van der Waals surface area contributed by atoms with Crippen molar-refractivity contribution in [2.45, 2.75) is 89.7 Å². The smallest absolute Gasteiger partial charge is 0.293 e. The van der Waals surface area contributed by atoms with Gasteiger partial charge in [-0.2, -0.15) is 0 Å². The average Bonchev–Trinajstić information content (AvgIpc) is 3.22. The van der Waals surface area contributed by atoms with E-state index >= 15 is 0 Å². The van der Waals surface area contributed by atoms with Crippen molar-refractivity contribution in [1.82, 2.24) is 5.32 Å². The van der Waals surface area contributed by atoms with E-state index in [1.165, 1.54) is 24.2 Å². The summed E-state index contributed by atoms with van der Waals surface area (Å²) < 4.78 is 5.70. The van der Waals surface area contributed by atoms with Crippen LogP contribution in [0.5, 0.6) is 0 Å². The summed E-state index contributed by atoms with van der Waals surface area (Å²) in [5, 5.41) is 28.0. The van der Waals surface area contributed by atoms with Crippen LogP contribution in [0.1, 0.15) is 78.1 Å². The van der Waals surface area contributed by atoms with Crippen LogP contribution in [-0.4, -0.2) is 68.6 Å². The van der Waals surface area contributed by atoms with Gasteiger partial charge in [-0.25, -0.2) is 4.99 Å². The van der Waals surface area contributed by atoms with Crippen LogP contribution < -0.4 is 21.1 Å². The molecule has 4 fully saturated rings. The lowest BCUT2D eigenvalue weighted by molar-refractivity contribution is -0.829. The molecule has 0 amide bonds. The Morgan fingerprint density at radius 2 is 2.00 bits per heavy atom. The van der Waals surface area contributed by atoms with Gasteiger partial charge in [0.2, 0.25) is 0 Å². The molecule has 0 aromatic heterocycles. The minimum absolute atomic E-state index is 0.00404. The molecule has 208 valence electrons. The Labute approximate surface area is 222 Å². The van der Waals surface area contributed by atoms with Crippen LogP contribution in [0.25, 0.3) is 0 Å². The normalized spacial score (nSPS) is 42.4. The molecule has 0 aromatic carbocycles. The summed E-state index contributed by atoms with van der Waals surface area (Å²) in [4.78, 5) is 19.0. The number of aliphatic hydroxyl groups is 1. The maximum Gasteiger partial charge on any atom is 0.293 e. The highest BCUT2D eigenvalue weighted by Gasteiger charge is 2.75. The van der Waals surface area contributed by atoms with Crippen LogP contribution in [0.3, 0.4) is 0 Å². The highest BCUT2D eigenvalue weighted by atomic mass is 16.5. The molecule has 1 saturated heterocycles. The number of hydrogen-bond acceptors (Lipinski definition) is 6. The van der Waals surface area contributed by atoms with Gasteiger partial charge in [0.05, 0.1) is 31.7 Å². The van der Waals surface area contributed by atoms with Crippen molar-refractivity contribution in [3.05, 3.63) is 11.1 Å². The fourth-order valence-electron chi connectivity index (χ4n) is 9.82. The van der Waals surface area contributed by atoms with Gasteiger partial charge in [0, 0.05) is 29.4 Å². The number of carboxylic acids is 1. The van der Waals surface area contributed by atoms with Crippen molar-refractivity contribution < 1.29 is 24.6 Å². The molecule has 3 saturated carbocycles. The maximum atomic E-state index is 12.6. The minimum Gasteiger partial charge on any atom is -0.545 e. The Bertz CT molecular complexity index is 946. The number of nitrogens with one attached hydrogen (secondary N) is 2. The molecule has 0 aromatic rings. The standard InChI is InChI=1S/C29H48N4O4/c1-4-37-18-27(36)16-28-19(2)10-11-20(14-23(28)24(27)25(34)35)29(28)17-33(13-12-21(29)15-31-3)26(30)32-22-8-6-5-7-9-22/h19-22,31,36H,4-18H2,1-3H3,(H2,30,32)(H,34,35). The third kappa shape index (κ3) is 4.09. The summed E-state index contributed by atoms with van der Waals surface area (Å²) in [6.45, 7) is 7.28. The van der Waals surface area contributed by atoms with Gasteiger partial charge in [-0.15, -0.1) is 0 Å². The molecule has 5 aliphatic rings. The zero-order chi connectivity index (χ0) is 26.4. The summed E-state index contributed by atoms with van der Waals surface area (Å²) in [5.74, 6) is 0.526. The van der Waals surface area contributed by atoms with Crippen LogP contribution in [0.15, 0.2) is 16.1 Å². The van der Waals surface area contributed by atoms with E-state index in [1.807, 2.05) is 14.0 Å². The number of aliphatic carboxylic acids is 1. The zero-order valence-corrected chi connectivity index (χ0v) is 23.1. The van der Waals surface area contributed by atoms with E-state index < -0.39 is 17.0 Å². The highest BCUT2D eigenvalue weighted by Crippen LogP contribution is 2.76. The molecule has 2 bridgehead atoms. The fourth-order valence-corrected chi connectivity index (χ4v) is 9.82. The van der Waals surface area contributed by atoms with Crippen LogP contribution >= 0.6 is 0 Å². The van der Waals surface area contributed by atoms with Gasteiger partial charge in [-0.05, 0) is 76.8 Å². The van der Waals surface area contributed by atoms with E-state index in [1.54, 1.807) is 0 Å². The number of allylic oxidation sites excluding steroid dienone is 1. The molecule has 37 heavy (non-hydrogen) atoms. The average molecular weight is 517 g/mol. The number of aliphatic imine (C=N–C) groups is 1. The topological polar surface area (TPSA) is 124 Å². The second kappa shape index (κ2) is 10.2. The van der Waals surface area contributed by atoms with E-state index in [4.69, 9.17) is 15.5 Å². The molecular weight excluding hydrogens is 468 g/mol. The summed E-state index contributed by atoms with van der Waals surface area (Å²) in [5.41, 5.74) is 5.79. The number of guanidine groups is 1. The molecule has 8 nitrogen and oxygen atoms in total. The number of carboxylic acid groups (broad SMARTS) is 1. The predicted molar refractivity (Wildman–Crippen MR) is 141 cm³/mol. The zero-order valence-electron chi connectivity index (χ0n) is 23.1. The van der Waals surface area contributed by atoms with Crippen LogP contribution in [0.4, 0.5) is 0 Å². The van der Waals surface area contributed by atoms with Crippen LogP contribution in [0, 0.1) is 28.6 Å². The quantitative estimate of drug-likeness (QED) is 0.287. The van der Waals surface area contributed by atoms with Crippen molar-refractivity contribution in [1.29, 1.82) is 0 Å². The molecule has 5 N–H and O–H groups in total. The second-order valence-corrected chi connectivity index (χ2v) is 12.8. The van der Waals surface area contributed by atoms with E-state index in [0.29, 0.717) is 30.9 Å². The number of carbonyl (C=O) groups excluding carboxylic acids is 1. The Morgan fingerprint density at radius 1 is 1.24 bits per heavy atom. The number of quaternary nitrogens is 1. The molecule has 4 aliphatic carbocycles. The van der Waals surface area contributed by atoms with E-state index in [9.17, 15) is 15.0 Å². The summed E-state index contributed by atoms with van der Waals surface area (Å²) in [6.07, 6.45) is 10.3. The molecule has 7 atom stereocenters. The number of nitrogens with zero attached hydrogens (tertiary/aromatic N) is 1. The highest BCUT2D eigenvalue weighted by molar-refractivity contribution is 5.90. The minimum atomic E-state index is -1.52. The summed E-state index contributed by atoms with van der Waals surface area (Å²) in [7, 11) is 2.01. The van der Waals surface area contributed by atoms with E-state index in [2.05, 4.69) is 12.2 Å². The number of piperidine rings is 1. The SMILES string of the molecule is CCOCC1(O)CC23C(=C1C(=O)[O-])CC(CCC2C)C31C[NH+](C(N)=NC2CCCCC2)CCC1CNC. The van der Waals surface area contributed by atoms with Gasteiger partial charge in [0.25, 0.3) is 5.96 Å². The fraction of sp³-hybridized carbons (Fsp3) is 0.862. The van der Waals surface area contributed by atoms with Crippen LogP contribution in [-0.2, 0) is 9.53 Å². The molecule has 1 heterocycles. The lowest BCUT2D eigenvalue weighted by Gasteiger charge is -2.60. The monoisotopic (exact) mass is 516 g/mol. The van der Waals surface area contributed by atoms with Crippen molar-refractivity contribution in [2.24, 2.45) is 39.3 Å². The van der Waals surface area contributed by atoms with Gasteiger partial charge in [0.1, 0.15) is 5.60 Å². The Balaban J connectivity index is 1.60. The Morgan fingerprint density at radius 3 is 2.68 bits per heavy atom. The summed E-state index contributed by atoms with van der Waals surface area (Å²) in [6, 6.07) is 0.329. The predicted octanol–water partition coefficient (Wildman–Crippen LogP) is 0.398. The molecule has 5 rings (SSSR count). The number of likely N-dealkylation sites (tertiary alicyclic amines) is 1. The van der Waals surface area contributed by atoms with Gasteiger partial charge in [-0.3, -0.25) is 4.90 Å². The lowest BCUT2D eigenvalue weighted by Crippen LogP contribution is -3.19. The number of rotatable bonds is 7. The number of hydrogen-bond donors (Lipinski definition) is 4. The van der Waals surface area contributed by atoms with Gasteiger partial charge in [-0.1, -0.05) is 31.8 Å². The molecule has 7 unspecified atom stereocenters. The van der Waals surface area contributed by atoms with Crippen LogP contribution in [0.2, 0.25) is 0 Å². The third-order valence-electron chi connectivity index (χ3n) is 11.2. The van der Waals surface area contributed by atoms with E-state index in [0.717, 1.165) is 69.7 Å². The molecule has 1 aliphatic heterocycles. The van der Waals surface area contributed by atoms with E-state index in [-0.39, 0.29) is 23.5 Å². The molecular formula is C29H48N4O4. The van der Waals surface area contributed by atoms with Crippen molar-refractivity contribution >= 4 is 11.9 Å². The Hall–Kier alpha value is -1.48. The summed E-state index contributed by atoms with van der Waals surface area (Å²) >= 11 is 0. The first-order chi connectivity index (χ1) is 17.7. The maximum absolute atomic E-state index is 12.6. The number of ether oxygens (including phenoxy) is 1. The van der Waals surface area contributed by atoms with Crippen molar-refractivity contribution in [2.75, 3.05) is 39.9 Å². The van der Waals surface area contributed by atoms with Gasteiger partial charge < -0.3 is 30.8 Å². The second-order valence-electron chi connectivity index (χ2n) is 12.8. The van der Waals surface area contributed by atoms with Gasteiger partial charge >= 0.3 is 0 Å². The first-order valence-corrected chi connectivity index (χ1v) is 14.8. The van der Waals surface area contributed by atoms with Gasteiger partial charge in [0.15, 0.2) is 0 Å². The van der Waals surface area contributed by atoms with Crippen molar-refractivity contribution in [3.63, 3.8) is 0 Å². The number of nitrogens with two attached hydrogens (primary N) is 1. The molecule has 0 radical (unpaired) electrons. The lowest BCUT2D eigenvalue weighted by atomic mass is 9.45. The molecule has 8 heteroatoms. The third-order valence-corrected chi connectivity index (χ3v) is 11.2. The first kappa shape index (κ1) is 27.1. The number of carbonyl (C=O) groups is 1. The Kier molecular flexibility index (Phi) is 7.51. The van der Waals surface area contributed by atoms with Crippen molar-refractivity contribution in [3.8, 4) is 0 Å². The molecule has 2 spiro atoms.